The van der Waals surface area contributed by atoms with Crippen LogP contribution in [-0.4, -0.2) is 14.4 Å². The molecule has 0 aromatic carbocycles. The van der Waals surface area contributed by atoms with Crippen molar-refractivity contribution in [2.75, 3.05) is 0 Å². The fraction of sp³-hybridized carbons (Fsp3) is 0.143. The van der Waals surface area contributed by atoms with Gasteiger partial charge in [0.1, 0.15) is 5.65 Å². The van der Waals surface area contributed by atoms with Crippen LogP contribution < -0.4 is 0 Å². The largest absolute Gasteiger partial charge is 0.346 e. The maximum absolute atomic E-state index is 5.00. The molecule has 56 valence electrons. The van der Waals surface area contributed by atoms with Crippen molar-refractivity contribution in [3.05, 3.63) is 28.9 Å². The predicted octanol–water partition coefficient (Wildman–Crippen LogP) is 1.70. The Morgan fingerprint density at radius 1 is 1.64 bits per heavy atom. The molecule has 0 aliphatic heterocycles. The third kappa shape index (κ3) is 0.867. The molecule has 0 atom stereocenters. The highest BCUT2D eigenvalue weighted by Crippen LogP contribution is 2.04. The van der Waals surface area contributed by atoms with Crippen molar-refractivity contribution in [3.8, 4) is 0 Å². The van der Waals surface area contributed by atoms with Gasteiger partial charge in [-0.25, -0.2) is 4.98 Å². The number of aromatic amines is 1. The Balaban J connectivity index is 3.08. The fourth-order valence-electron chi connectivity index (χ4n) is 1.07. The first kappa shape index (κ1) is 6.54. The molecule has 0 radical (unpaired) electrons. The van der Waals surface area contributed by atoms with Crippen molar-refractivity contribution in [1.82, 2.24) is 14.4 Å². The second-order valence-corrected chi connectivity index (χ2v) is 2.77. The molecule has 2 aromatic heterocycles. The van der Waals surface area contributed by atoms with Gasteiger partial charge in [-0.05, 0) is 19.1 Å². The molecule has 0 saturated heterocycles. The molecule has 0 saturated carbocycles. The first-order chi connectivity index (χ1) is 5.29. The van der Waals surface area contributed by atoms with Crippen LogP contribution in [0.15, 0.2) is 18.6 Å². The predicted molar refractivity (Wildman–Crippen MR) is 45.1 cm³/mol. The monoisotopic (exact) mass is 165 g/mol. The van der Waals surface area contributed by atoms with Crippen LogP contribution in [-0.2, 0) is 0 Å². The molecule has 0 amide bonds. The zero-order valence-electron chi connectivity index (χ0n) is 6.03. The Bertz CT molecular complexity index is 440. The van der Waals surface area contributed by atoms with Crippen molar-refractivity contribution in [1.29, 1.82) is 0 Å². The number of aryl methyl sites for hydroxylation is 1. The van der Waals surface area contributed by atoms with E-state index in [0.29, 0.717) is 4.77 Å². The molecular weight excluding hydrogens is 158 g/mol. The van der Waals surface area contributed by atoms with Crippen molar-refractivity contribution >= 4 is 17.9 Å². The van der Waals surface area contributed by atoms with Crippen LogP contribution >= 0.6 is 12.2 Å². The van der Waals surface area contributed by atoms with E-state index in [1.165, 1.54) is 0 Å². The van der Waals surface area contributed by atoms with Crippen LogP contribution in [0.1, 0.15) is 5.56 Å². The minimum absolute atomic E-state index is 0.590. The van der Waals surface area contributed by atoms with E-state index >= 15 is 0 Å². The quantitative estimate of drug-likeness (QED) is 0.603. The smallest absolute Gasteiger partial charge is 0.205 e. The van der Waals surface area contributed by atoms with Crippen molar-refractivity contribution in [2.45, 2.75) is 6.92 Å². The molecule has 0 aliphatic carbocycles. The van der Waals surface area contributed by atoms with Crippen LogP contribution in [0.5, 0.6) is 0 Å². The lowest BCUT2D eigenvalue weighted by Crippen LogP contribution is -1.91. The molecule has 11 heavy (non-hydrogen) atoms. The van der Waals surface area contributed by atoms with Gasteiger partial charge >= 0.3 is 0 Å². The lowest BCUT2D eigenvalue weighted by Gasteiger charge is -1.95. The summed E-state index contributed by atoms with van der Waals surface area (Å²) < 4.78 is 2.44. The average molecular weight is 165 g/mol. The zero-order valence-corrected chi connectivity index (χ0v) is 6.85. The maximum atomic E-state index is 5.00. The molecule has 2 rings (SSSR count). The molecule has 0 fully saturated rings. The maximum Gasteiger partial charge on any atom is 0.205 e. The van der Waals surface area contributed by atoms with Crippen LogP contribution in [0.25, 0.3) is 5.65 Å². The Morgan fingerprint density at radius 3 is 3.18 bits per heavy atom. The van der Waals surface area contributed by atoms with Gasteiger partial charge in [-0.15, -0.1) is 0 Å². The molecule has 4 heteroatoms. The first-order valence-electron chi connectivity index (χ1n) is 3.30. The number of nitrogens with zero attached hydrogens (tertiary/aromatic N) is 2. The standard InChI is InChI=1S/C7H7N3S/c1-5-4-9-7(11)10-3-2-8-6(5)10/h2-4,8H,1H3. The summed E-state index contributed by atoms with van der Waals surface area (Å²) in [6, 6.07) is 0. The molecular formula is C7H7N3S. The van der Waals surface area contributed by atoms with Crippen LogP contribution in [0, 0.1) is 11.7 Å². The Morgan fingerprint density at radius 2 is 2.45 bits per heavy atom. The van der Waals surface area contributed by atoms with Gasteiger partial charge in [0.2, 0.25) is 4.77 Å². The molecule has 2 aromatic rings. The molecule has 0 aliphatic rings. The molecule has 2 heterocycles. The summed E-state index contributed by atoms with van der Waals surface area (Å²) in [7, 11) is 0. The highest BCUT2D eigenvalue weighted by atomic mass is 32.1. The number of fused-ring (bicyclic) bond motifs is 1. The first-order valence-corrected chi connectivity index (χ1v) is 3.71. The number of rotatable bonds is 0. The Kier molecular flexibility index (Phi) is 1.29. The molecule has 1 N–H and O–H groups in total. The Labute approximate surface area is 68.7 Å². The van der Waals surface area contributed by atoms with E-state index < -0.39 is 0 Å². The summed E-state index contributed by atoms with van der Waals surface area (Å²) in [5, 5.41) is 0. The van der Waals surface area contributed by atoms with Gasteiger partial charge in [0.15, 0.2) is 0 Å². The van der Waals surface area contributed by atoms with E-state index in [1.54, 1.807) is 6.20 Å². The highest BCUT2D eigenvalue weighted by Gasteiger charge is 1.96. The summed E-state index contributed by atoms with van der Waals surface area (Å²) >= 11 is 5.00. The molecule has 0 unspecified atom stereocenters. The summed E-state index contributed by atoms with van der Waals surface area (Å²) in [6.45, 7) is 1.99. The fourth-order valence-corrected chi connectivity index (χ4v) is 1.28. The van der Waals surface area contributed by atoms with E-state index in [0.717, 1.165) is 11.2 Å². The SMILES string of the molecule is Cc1cnc(=S)n2cc[nH]c12. The zero-order chi connectivity index (χ0) is 7.84. The van der Waals surface area contributed by atoms with Crippen LogP contribution in [0.3, 0.4) is 0 Å². The van der Waals surface area contributed by atoms with Gasteiger partial charge in [0.25, 0.3) is 0 Å². The second kappa shape index (κ2) is 2.17. The number of imidazole rings is 1. The molecule has 3 nitrogen and oxygen atoms in total. The van der Waals surface area contributed by atoms with Gasteiger partial charge in [0.05, 0.1) is 0 Å². The van der Waals surface area contributed by atoms with E-state index in [1.807, 2.05) is 23.7 Å². The number of hydrogen-bond acceptors (Lipinski definition) is 2. The van der Waals surface area contributed by atoms with Gasteiger partial charge in [0, 0.05) is 24.2 Å². The van der Waals surface area contributed by atoms with E-state index in [9.17, 15) is 0 Å². The van der Waals surface area contributed by atoms with Gasteiger partial charge in [-0.3, -0.25) is 4.40 Å². The Hall–Kier alpha value is -1.16. The van der Waals surface area contributed by atoms with E-state index in [2.05, 4.69) is 9.97 Å². The van der Waals surface area contributed by atoms with Gasteiger partial charge in [-0.1, -0.05) is 0 Å². The minimum Gasteiger partial charge on any atom is -0.346 e. The number of H-pyrrole nitrogens is 1. The third-order valence-electron chi connectivity index (χ3n) is 1.63. The van der Waals surface area contributed by atoms with Gasteiger partial charge in [-0.2, -0.15) is 0 Å². The lowest BCUT2D eigenvalue weighted by molar-refractivity contribution is 1.04. The third-order valence-corrected chi connectivity index (χ3v) is 1.93. The highest BCUT2D eigenvalue weighted by molar-refractivity contribution is 7.71. The summed E-state index contributed by atoms with van der Waals surface area (Å²) in [4.78, 5) is 7.12. The molecule has 0 spiro atoms. The lowest BCUT2D eigenvalue weighted by atomic mass is 10.4. The average Bonchev–Trinajstić information content (AvgIpc) is 2.45. The number of nitrogens with one attached hydrogen (secondary N) is 1. The van der Waals surface area contributed by atoms with Crippen molar-refractivity contribution < 1.29 is 0 Å². The molecule has 0 bridgehead atoms. The van der Waals surface area contributed by atoms with Crippen molar-refractivity contribution in [2.24, 2.45) is 0 Å². The van der Waals surface area contributed by atoms with E-state index in [-0.39, 0.29) is 0 Å². The van der Waals surface area contributed by atoms with Crippen molar-refractivity contribution in [3.63, 3.8) is 0 Å². The summed E-state index contributed by atoms with van der Waals surface area (Å²) in [6.07, 6.45) is 5.49. The number of aromatic nitrogens is 3. The summed E-state index contributed by atoms with van der Waals surface area (Å²) in [5.41, 5.74) is 2.12. The van der Waals surface area contributed by atoms with Crippen LogP contribution in [0.2, 0.25) is 0 Å². The number of hydrogen-bond donors (Lipinski definition) is 1. The van der Waals surface area contributed by atoms with E-state index in [4.69, 9.17) is 12.2 Å². The van der Waals surface area contributed by atoms with Crippen LogP contribution in [0.4, 0.5) is 0 Å². The second-order valence-electron chi connectivity index (χ2n) is 2.40. The topological polar surface area (TPSA) is 33.1 Å². The summed E-state index contributed by atoms with van der Waals surface area (Å²) in [5.74, 6) is 0. The minimum atomic E-state index is 0.590. The van der Waals surface area contributed by atoms with Gasteiger partial charge < -0.3 is 4.98 Å². The normalized spacial score (nSPS) is 10.6.